The number of aryl methyl sites for hydroxylation is 3. The van der Waals surface area contributed by atoms with Crippen molar-refractivity contribution in [3.05, 3.63) is 85.2 Å². The molecule has 2 saturated heterocycles. The Morgan fingerprint density at radius 2 is 1.64 bits per heavy atom. The van der Waals surface area contributed by atoms with E-state index in [1.165, 1.54) is 0 Å². The van der Waals surface area contributed by atoms with E-state index in [1.54, 1.807) is 4.57 Å². The van der Waals surface area contributed by atoms with Crippen molar-refractivity contribution in [2.45, 2.75) is 65.6 Å². The van der Waals surface area contributed by atoms with Crippen LogP contribution < -0.4 is 21.5 Å². The van der Waals surface area contributed by atoms with Crippen LogP contribution in [0, 0.1) is 20.8 Å². The zero-order chi connectivity index (χ0) is 33.6. The maximum absolute atomic E-state index is 14.0. The average molecular weight is 640 g/mol. The number of H-pyrrole nitrogens is 1. The fraction of sp³-hybridized carbons (Fsp3) is 0.486. The van der Waals surface area contributed by atoms with Gasteiger partial charge in [0.1, 0.15) is 0 Å². The molecule has 1 atom stereocenters. The van der Waals surface area contributed by atoms with Gasteiger partial charge in [-0.05, 0) is 133 Å². The molecule has 0 spiro atoms. The molecule has 0 radical (unpaired) electrons. The summed E-state index contributed by atoms with van der Waals surface area (Å²) in [5.41, 5.74) is 8.29. The second kappa shape index (κ2) is 13.2. The summed E-state index contributed by atoms with van der Waals surface area (Å²) in [5, 5.41) is 3.05. The molecule has 10 heteroatoms. The van der Waals surface area contributed by atoms with Gasteiger partial charge in [-0.1, -0.05) is 6.07 Å². The van der Waals surface area contributed by atoms with E-state index in [0.29, 0.717) is 17.2 Å². The van der Waals surface area contributed by atoms with Gasteiger partial charge in [-0.2, -0.15) is 0 Å². The molecule has 2 aromatic heterocycles. The third-order valence-corrected chi connectivity index (χ3v) is 10.5. The maximum Gasteiger partial charge on any atom is 0.329 e. The Morgan fingerprint density at radius 3 is 2.30 bits per heavy atom. The molecular weight excluding hydrogens is 590 g/mol. The highest BCUT2D eigenvalue weighted by atomic mass is 16.2. The van der Waals surface area contributed by atoms with Crippen molar-refractivity contribution in [3.8, 4) is 11.1 Å². The van der Waals surface area contributed by atoms with Crippen LogP contribution in [0.25, 0.3) is 22.2 Å². The molecule has 4 aromatic rings. The largest absolute Gasteiger partial charge is 0.367 e. The van der Waals surface area contributed by atoms with E-state index in [1.807, 2.05) is 44.5 Å². The predicted molar refractivity (Wildman–Crippen MR) is 190 cm³/mol. The number of imidazole rings is 1. The SMILES string of the molecule is CCN(c1cc(-c2ccc3c(c2)n(C)c(=O)n3C2CCN(C)CC2)cc(C(=O)NCc2c(C)cc(C)[nH]c2=O)c1C)C1CCN(C)C1. The van der Waals surface area contributed by atoms with Gasteiger partial charge < -0.3 is 25.0 Å². The van der Waals surface area contributed by atoms with E-state index in [0.717, 1.165) is 96.7 Å². The second-order valence-corrected chi connectivity index (χ2v) is 13.7. The number of pyridine rings is 1. The van der Waals surface area contributed by atoms with Crippen molar-refractivity contribution in [2.75, 3.05) is 51.7 Å². The Bertz CT molecular complexity index is 1930. The van der Waals surface area contributed by atoms with Crippen LogP contribution in [0.15, 0.2) is 46.0 Å². The van der Waals surface area contributed by atoms with Gasteiger partial charge in [-0.25, -0.2) is 4.79 Å². The molecular formula is C37H49N7O3. The highest BCUT2D eigenvalue weighted by Gasteiger charge is 2.28. The minimum Gasteiger partial charge on any atom is -0.367 e. The Kier molecular flexibility index (Phi) is 9.18. The lowest BCUT2D eigenvalue weighted by molar-refractivity contribution is 0.0950. The van der Waals surface area contributed by atoms with Gasteiger partial charge in [-0.3, -0.25) is 18.7 Å². The number of aromatic nitrogens is 3. The van der Waals surface area contributed by atoms with E-state index < -0.39 is 0 Å². The first-order valence-electron chi connectivity index (χ1n) is 16.9. The monoisotopic (exact) mass is 639 g/mol. The van der Waals surface area contributed by atoms with Gasteiger partial charge in [-0.15, -0.1) is 0 Å². The maximum atomic E-state index is 14.0. The lowest BCUT2D eigenvalue weighted by Gasteiger charge is -2.32. The van der Waals surface area contributed by atoms with Crippen LogP contribution in [0.3, 0.4) is 0 Å². The summed E-state index contributed by atoms with van der Waals surface area (Å²) in [5.74, 6) is -0.216. The molecule has 2 aromatic carbocycles. The Labute approximate surface area is 277 Å². The van der Waals surface area contributed by atoms with Gasteiger partial charge in [0, 0.05) is 61.3 Å². The van der Waals surface area contributed by atoms with Gasteiger partial charge >= 0.3 is 5.69 Å². The highest BCUT2D eigenvalue weighted by Crippen LogP contribution is 2.35. The number of anilines is 1. The first-order valence-corrected chi connectivity index (χ1v) is 16.9. The minimum atomic E-state index is -0.216. The molecule has 2 aliphatic rings. The quantitative estimate of drug-likeness (QED) is 0.298. The van der Waals surface area contributed by atoms with Crippen molar-refractivity contribution >= 4 is 22.6 Å². The normalized spacial score (nSPS) is 17.9. The van der Waals surface area contributed by atoms with Gasteiger partial charge in [0.2, 0.25) is 0 Å². The smallest absolute Gasteiger partial charge is 0.329 e. The number of piperidine rings is 1. The first-order chi connectivity index (χ1) is 22.5. The first kappa shape index (κ1) is 32.8. The zero-order valence-electron chi connectivity index (χ0n) is 28.9. The summed E-state index contributed by atoms with van der Waals surface area (Å²) in [6.45, 7) is 12.9. The molecule has 10 nitrogen and oxygen atoms in total. The van der Waals surface area contributed by atoms with E-state index in [4.69, 9.17) is 0 Å². The van der Waals surface area contributed by atoms with Crippen LogP contribution in [0.2, 0.25) is 0 Å². The van der Waals surface area contributed by atoms with E-state index in [2.05, 4.69) is 70.3 Å². The number of likely N-dealkylation sites (N-methyl/N-ethyl adjacent to an activating group) is 2. The topological polar surface area (TPSA) is 98.6 Å². The summed E-state index contributed by atoms with van der Waals surface area (Å²) < 4.78 is 3.74. The van der Waals surface area contributed by atoms with Crippen molar-refractivity contribution in [3.63, 3.8) is 0 Å². The molecule has 2 N–H and O–H groups in total. The van der Waals surface area contributed by atoms with Crippen LogP contribution >= 0.6 is 0 Å². The molecule has 2 aliphatic heterocycles. The van der Waals surface area contributed by atoms with Crippen molar-refractivity contribution in [1.29, 1.82) is 0 Å². The standard InChI is InChI=1S/C37H49N7O3/c1-8-43(29-13-16-41(6)22-29)33-20-27(18-30(25(33)4)35(45)38-21-31-23(2)17-24(3)39-36(31)46)26-9-10-32-34(19-26)42(7)37(47)44(32)28-11-14-40(5)15-12-28/h9-10,17-20,28-29H,8,11-16,21-22H2,1-7H3,(H,38,45)(H,39,46). The number of hydrogen-bond acceptors (Lipinski definition) is 6. The number of carbonyl (C=O) groups is 1. The lowest BCUT2D eigenvalue weighted by Crippen LogP contribution is -2.38. The molecule has 4 heterocycles. The molecule has 2 fully saturated rings. The summed E-state index contributed by atoms with van der Waals surface area (Å²) >= 11 is 0. The van der Waals surface area contributed by atoms with Gasteiger partial charge in [0.15, 0.2) is 0 Å². The number of fused-ring (bicyclic) bond motifs is 1. The summed E-state index contributed by atoms with van der Waals surface area (Å²) in [6.07, 6.45) is 2.96. The zero-order valence-corrected chi connectivity index (χ0v) is 28.9. The van der Waals surface area contributed by atoms with Crippen molar-refractivity contribution in [2.24, 2.45) is 7.05 Å². The Hall–Kier alpha value is -4.15. The summed E-state index contributed by atoms with van der Waals surface area (Å²) in [7, 11) is 6.14. The predicted octanol–water partition coefficient (Wildman–Crippen LogP) is 4.35. The molecule has 250 valence electrons. The third-order valence-electron chi connectivity index (χ3n) is 10.5. The van der Waals surface area contributed by atoms with Crippen molar-refractivity contribution in [1.82, 2.24) is 29.2 Å². The number of likely N-dealkylation sites (tertiary alicyclic amines) is 2. The van der Waals surface area contributed by atoms with E-state index in [9.17, 15) is 14.4 Å². The number of aromatic amines is 1. The van der Waals surface area contributed by atoms with Gasteiger partial charge in [0.25, 0.3) is 11.5 Å². The number of hydrogen-bond donors (Lipinski definition) is 2. The van der Waals surface area contributed by atoms with E-state index >= 15 is 0 Å². The van der Waals surface area contributed by atoms with Crippen molar-refractivity contribution < 1.29 is 4.79 Å². The number of rotatable bonds is 8. The molecule has 1 unspecified atom stereocenters. The summed E-state index contributed by atoms with van der Waals surface area (Å²) in [6, 6.07) is 12.9. The molecule has 47 heavy (non-hydrogen) atoms. The summed E-state index contributed by atoms with van der Waals surface area (Å²) in [4.78, 5) is 50.2. The lowest BCUT2D eigenvalue weighted by atomic mass is 9.95. The average Bonchev–Trinajstić information content (AvgIpc) is 3.57. The van der Waals surface area contributed by atoms with Crippen LogP contribution in [-0.4, -0.2) is 82.7 Å². The van der Waals surface area contributed by atoms with Crippen LogP contribution in [0.4, 0.5) is 5.69 Å². The van der Waals surface area contributed by atoms with Gasteiger partial charge in [0.05, 0.1) is 11.0 Å². The second-order valence-electron chi connectivity index (χ2n) is 13.7. The number of carbonyl (C=O) groups excluding carboxylic acids is 1. The fourth-order valence-corrected chi connectivity index (χ4v) is 7.71. The number of amides is 1. The highest BCUT2D eigenvalue weighted by molar-refractivity contribution is 5.99. The third kappa shape index (κ3) is 6.28. The Morgan fingerprint density at radius 1 is 0.915 bits per heavy atom. The number of nitrogens with one attached hydrogen (secondary N) is 2. The molecule has 6 rings (SSSR count). The molecule has 0 aliphatic carbocycles. The number of nitrogens with zero attached hydrogens (tertiary/aromatic N) is 5. The number of benzene rings is 2. The fourth-order valence-electron chi connectivity index (χ4n) is 7.71. The molecule has 0 saturated carbocycles. The molecule has 0 bridgehead atoms. The minimum absolute atomic E-state index is 0.0141. The van der Waals surface area contributed by atoms with Crippen LogP contribution in [-0.2, 0) is 13.6 Å². The molecule has 1 amide bonds. The van der Waals surface area contributed by atoms with Crippen LogP contribution in [0.5, 0.6) is 0 Å². The van der Waals surface area contributed by atoms with Crippen LogP contribution in [0.1, 0.15) is 65.0 Å². The Balaban J connectivity index is 1.42. The van der Waals surface area contributed by atoms with E-state index in [-0.39, 0.29) is 29.7 Å².